The van der Waals surface area contributed by atoms with Gasteiger partial charge in [0.15, 0.2) is 5.03 Å². The van der Waals surface area contributed by atoms with Crippen LogP contribution in [0.4, 0.5) is 0 Å². The van der Waals surface area contributed by atoms with Crippen molar-refractivity contribution in [2.75, 3.05) is 13.1 Å². The largest absolute Gasteiger partial charge is 0.260 e. The fourth-order valence-corrected chi connectivity index (χ4v) is 4.78. The molecule has 0 radical (unpaired) electrons. The summed E-state index contributed by atoms with van der Waals surface area (Å²) in [5.74, 6) is 0. The number of nitrogens with zero attached hydrogens (tertiary/aromatic N) is 6. The summed E-state index contributed by atoms with van der Waals surface area (Å²) in [6, 6.07) is 0.248. The van der Waals surface area contributed by atoms with E-state index in [1.165, 1.54) is 8.99 Å². The molecule has 0 saturated carbocycles. The molecule has 0 N–H and O–H groups in total. The third-order valence-corrected chi connectivity index (χ3v) is 6.53. The standard InChI is InChI=1S/C16H24N6O2S/c1-12(2)22-11-15(18-19-22)14-6-5-8-21(9-7-14)25(23,24)16-13(3)10-17-20(16)4/h6,10-12H,5,7-9H2,1-4H3. The maximum absolute atomic E-state index is 13.0. The Balaban J connectivity index is 1.79. The van der Waals surface area contributed by atoms with Crippen LogP contribution in [-0.2, 0) is 17.1 Å². The highest BCUT2D eigenvalue weighted by atomic mass is 32.2. The number of sulfonamides is 1. The summed E-state index contributed by atoms with van der Waals surface area (Å²) in [5.41, 5.74) is 2.54. The van der Waals surface area contributed by atoms with Crippen molar-refractivity contribution in [3.05, 3.63) is 29.7 Å². The van der Waals surface area contributed by atoms with Crippen molar-refractivity contribution in [1.29, 1.82) is 0 Å². The van der Waals surface area contributed by atoms with Crippen LogP contribution in [0.3, 0.4) is 0 Å². The molecule has 2 aromatic rings. The second-order valence-corrected chi connectivity index (χ2v) is 8.46. The van der Waals surface area contributed by atoms with Gasteiger partial charge in [-0.25, -0.2) is 13.1 Å². The van der Waals surface area contributed by atoms with Crippen LogP contribution in [0, 0.1) is 6.92 Å². The highest BCUT2D eigenvalue weighted by Gasteiger charge is 2.30. The van der Waals surface area contributed by atoms with Crippen LogP contribution < -0.4 is 0 Å². The predicted octanol–water partition coefficient (Wildman–Crippen LogP) is 1.77. The fraction of sp³-hybridized carbons (Fsp3) is 0.562. The summed E-state index contributed by atoms with van der Waals surface area (Å²) in [6.07, 6.45) is 6.84. The fourth-order valence-electron chi connectivity index (χ4n) is 3.02. The summed E-state index contributed by atoms with van der Waals surface area (Å²) in [7, 11) is -1.90. The predicted molar refractivity (Wildman–Crippen MR) is 94.3 cm³/mol. The first kappa shape index (κ1) is 17.8. The number of hydrogen-bond donors (Lipinski definition) is 0. The minimum Gasteiger partial charge on any atom is -0.256 e. The maximum atomic E-state index is 13.0. The van der Waals surface area contributed by atoms with Crippen molar-refractivity contribution < 1.29 is 8.42 Å². The average Bonchev–Trinajstić information content (AvgIpc) is 3.07. The Morgan fingerprint density at radius 3 is 2.60 bits per heavy atom. The van der Waals surface area contributed by atoms with Gasteiger partial charge in [0.1, 0.15) is 5.69 Å². The number of rotatable bonds is 4. The lowest BCUT2D eigenvalue weighted by molar-refractivity contribution is 0.422. The molecule has 0 saturated heterocycles. The van der Waals surface area contributed by atoms with Crippen molar-refractivity contribution in [3.63, 3.8) is 0 Å². The van der Waals surface area contributed by atoms with Gasteiger partial charge in [0.05, 0.1) is 12.4 Å². The third-order valence-electron chi connectivity index (χ3n) is 4.41. The van der Waals surface area contributed by atoms with E-state index in [4.69, 9.17) is 0 Å². The summed E-state index contributed by atoms with van der Waals surface area (Å²) in [5, 5.41) is 12.7. The Hall–Kier alpha value is -2.00. The van der Waals surface area contributed by atoms with Crippen molar-refractivity contribution in [3.8, 4) is 0 Å². The molecule has 3 heterocycles. The van der Waals surface area contributed by atoms with Gasteiger partial charge in [-0.1, -0.05) is 11.3 Å². The molecule has 3 rings (SSSR count). The van der Waals surface area contributed by atoms with Gasteiger partial charge in [-0.2, -0.15) is 9.40 Å². The Labute approximate surface area is 148 Å². The van der Waals surface area contributed by atoms with Gasteiger partial charge in [-0.3, -0.25) is 4.68 Å². The highest BCUT2D eigenvalue weighted by molar-refractivity contribution is 7.89. The smallest absolute Gasteiger partial charge is 0.256 e. The van der Waals surface area contributed by atoms with Gasteiger partial charge < -0.3 is 0 Å². The summed E-state index contributed by atoms with van der Waals surface area (Å²) < 4.78 is 30.8. The molecule has 8 nitrogen and oxygen atoms in total. The van der Waals surface area contributed by atoms with Gasteiger partial charge >= 0.3 is 0 Å². The minimum absolute atomic E-state index is 0.248. The average molecular weight is 364 g/mol. The zero-order valence-corrected chi connectivity index (χ0v) is 15.9. The molecule has 0 spiro atoms. The lowest BCUT2D eigenvalue weighted by Crippen LogP contribution is -2.33. The van der Waals surface area contributed by atoms with Crippen LogP contribution in [0.2, 0.25) is 0 Å². The molecule has 0 aliphatic carbocycles. The van der Waals surface area contributed by atoms with E-state index in [0.29, 0.717) is 31.5 Å². The number of aromatic nitrogens is 5. The molecule has 0 bridgehead atoms. The van der Waals surface area contributed by atoms with Crippen molar-refractivity contribution in [2.24, 2.45) is 7.05 Å². The van der Waals surface area contributed by atoms with E-state index < -0.39 is 10.0 Å². The van der Waals surface area contributed by atoms with Crippen LogP contribution in [-0.4, -0.2) is 50.6 Å². The molecule has 25 heavy (non-hydrogen) atoms. The minimum atomic E-state index is -3.56. The monoisotopic (exact) mass is 364 g/mol. The van der Waals surface area contributed by atoms with E-state index in [1.807, 2.05) is 24.7 Å². The van der Waals surface area contributed by atoms with Crippen LogP contribution in [0.25, 0.3) is 5.57 Å². The molecule has 136 valence electrons. The summed E-state index contributed by atoms with van der Waals surface area (Å²) in [6.45, 7) is 6.74. The maximum Gasteiger partial charge on any atom is 0.260 e. The Kier molecular flexibility index (Phi) is 4.79. The topological polar surface area (TPSA) is 85.9 Å². The first-order valence-corrected chi connectivity index (χ1v) is 9.84. The quantitative estimate of drug-likeness (QED) is 0.825. The zero-order valence-electron chi connectivity index (χ0n) is 15.0. The van der Waals surface area contributed by atoms with Gasteiger partial charge in [0, 0.05) is 31.7 Å². The third kappa shape index (κ3) is 3.38. The molecule has 0 atom stereocenters. The second kappa shape index (κ2) is 6.72. The van der Waals surface area contributed by atoms with E-state index >= 15 is 0 Å². The molecule has 0 unspecified atom stereocenters. The number of hydrogen-bond acceptors (Lipinski definition) is 5. The van der Waals surface area contributed by atoms with E-state index in [2.05, 4.69) is 21.5 Å². The number of aryl methyl sites for hydroxylation is 2. The molecule has 1 aliphatic heterocycles. The SMILES string of the molecule is Cc1cnn(C)c1S(=O)(=O)N1CCC=C(c2cn(C(C)C)nn2)CC1. The van der Waals surface area contributed by atoms with Gasteiger partial charge in [-0.05, 0) is 39.2 Å². The van der Waals surface area contributed by atoms with Gasteiger partial charge in [0.2, 0.25) is 0 Å². The molecule has 2 aromatic heterocycles. The first-order chi connectivity index (χ1) is 11.8. The van der Waals surface area contributed by atoms with Gasteiger partial charge in [-0.15, -0.1) is 5.10 Å². The molecule has 1 aliphatic rings. The Morgan fingerprint density at radius 1 is 1.24 bits per heavy atom. The Morgan fingerprint density at radius 2 is 2.00 bits per heavy atom. The summed E-state index contributed by atoms with van der Waals surface area (Å²) in [4.78, 5) is 0. The second-order valence-electron chi connectivity index (χ2n) is 6.61. The molecule has 0 aromatic carbocycles. The molecular weight excluding hydrogens is 340 g/mol. The van der Waals surface area contributed by atoms with E-state index in [0.717, 1.165) is 11.3 Å². The van der Waals surface area contributed by atoms with Crippen LogP contribution in [0.1, 0.15) is 44.0 Å². The Bertz CT molecular complexity index is 874. The van der Waals surface area contributed by atoms with Crippen molar-refractivity contribution in [2.45, 2.75) is 44.7 Å². The van der Waals surface area contributed by atoms with E-state index in [9.17, 15) is 8.42 Å². The van der Waals surface area contributed by atoms with Crippen LogP contribution in [0.5, 0.6) is 0 Å². The first-order valence-electron chi connectivity index (χ1n) is 8.40. The molecule has 0 amide bonds. The molecule has 0 fully saturated rings. The molecular formula is C16H24N6O2S. The van der Waals surface area contributed by atoms with Crippen molar-refractivity contribution >= 4 is 15.6 Å². The lowest BCUT2D eigenvalue weighted by atomic mass is 10.1. The van der Waals surface area contributed by atoms with Crippen LogP contribution >= 0.6 is 0 Å². The van der Waals surface area contributed by atoms with E-state index in [1.54, 1.807) is 20.2 Å². The molecule has 9 heteroatoms. The highest BCUT2D eigenvalue weighted by Crippen LogP contribution is 2.25. The summed E-state index contributed by atoms with van der Waals surface area (Å²) >= 11 is 0. The van der Waals surface area contributed by atoms with Crippen molar-refractivity contribution in [1.82, 2.24) is 29.1 Å². The zero-order chi connectivity index (χ0) is 18.2. The van der Waals surface area contributed by atoms with Gasteiger partial charge in [0.25, 0.3) is 10.0 Å². The van der Waals surface area contributed by atoms with E-state index in [-0.39, 0.29) is 11.1 Å². The lowest BCUT2D eigenvalue weighted by Gasteiger charge is -2.20. The van der Waals surface area contributed by atoms with Crippen LogP contribution in [0.15, 0.2) is 23.5 Å². The normalized spacial score (nSPS) is 16.9.